The Bertz CT molecular complexity index is 40.7. The number of rotatable bonds is 3. The van der Waals surface area contributed by atoms with Crippen molar-refractivity contribution < 1.29 is 9.84 Å². The summed E-state index contributed by atoms with van der Waals surface area (Å²) in [5.74, 6) is 0. The van der Waals surface area contributed by atoms with E-state index in [1.807, 2.05) is 6.92 Å². The molecule has 0 aliphatic heterocycles. The summed E-state index contributed by atoms with van der Waals surface area (Å²) < 4.78 is 5.38. The van der Waals surface area contributed by atoms with E-state index < -0.39 is 6.29 Å². The minimum absolute atomic E-state index is 0.564. The van der Waals surface area contributed by atoms with E-state index in [9.17, 15) is 0 Å². The Hall–Kier alpha value is 0.650. The summed E-state index contributed by atoms with van der Waals surface area (Å²) >= 11 is 2.06. The third kappa shape index (κ3) is 4.50. The molecule has 0 aromatic rings. The molecule has 7 heavy (non-hydrogen) atoms. The van der Waals surface area contributed by atoms with Crippen LogP contribution in [0.3, 0.4) is 0 Å². The fourth-order valence-electron chi connectivity index (χ4n) is 0.237. The highest BCUT2D eigenvalue weighted by atomic mass is 127. The quantitative estimate of drug-likeness (QED) is 0.429. The van der Waals surface area contributed by atoms with Crippen molar-refractivity contribution in [3.05, 3.63) is 0 Å². The van der Waals surface area contributed by atoms with E-state index in [1.165, 1.54) is 0 Å². The standard InChI is InChI=1S/C4H9IO2/c1-2-7-4(6)3-5/h4,6H,2-3H2,1H3. The summed E-state index contributed by atoms with van der Waals surface area (Å²) in [5, 5.41) is 8.63. The van der Waals surface area contributed by atoms with Gasteiger partial charge in [0.2, 0.25) is 0 Å². The zero-order chi connectivity index (χ0) is 5.70. The molecule has 1 N–H and O–H groups in total. The zero-order valence-corrected chi connectivity index (χ0v) is 6.38. The molecule has 1 unspecified atom stereocenters. The highest BCUT2D eigenvalue weighted by molar-refractivity contribution is 14.1. The van der Waals surface area contributed by atoms with Gasteiger partial charge in [0, 0.05) is 6.61 Å². The predicted octanol–water partition coefficient (Wildman–Crippen LogP) is 0.776. The second-order valence-electron chi connectivity index (χ2n) is 1.06. The molecular weight excluding hydrogens is 207 g/mol. The number of halogens is 1. The topological polar surface area (TPSA) is 29.5 Å². The van der Waals surface area contributed by atoms with Gasteiger partial charge in [-0.1, -0.05) is 22.6 Å². The molecule has 0 saturated heterocycles. The normalized spacial score (nSPS) is 14.1. The van der Waals surface area contributed by atoms with Crippen LogP contribution < -0.4 is 0 Å². The maximum absolute atomic E-state index is 8.63. The van der Waals surface area contributed by atoms with E-state index in [4.69, 9.17) is 9.84 Å². The van der Waals surface area contributed by atoms with Crippen LogP contribution in [-0.2, 0) is 4.74 Å². The van der Waals surface area contributed by atoms with Crippen molar-refractivity contribution in [2.45, 2.75) is 13.2 Å². The molecule has 0 aliphatic rings. The first-order valence-corrected chi connectivity index (χ1v) is 3.69. The number of hydrogen-bond donors (Lipinski definition) is 1. The van der Waals surface area contributed by atoms with Crippen LogP contribution in [0.1, 0.15) is 6.92 Å². The smallest absolute Gasteiger partial charge is 0.163 e. The molecule has 0 fully saturated rings. The van der Waals surface area contributed by atoms with Crippen molar-refractivity contribution in [1.82, 2.24) is 0 Å². The van der Waals surface area contributed by atoms with Gasteiger partial charge in [-0.15, -0.1) is 0 Å². The number of alkyl halides is 1. The number of ether oxygens (including phenoxy) is 1. The lowest BCUT2D eigenvalue weighted by Gasteiger charge is -2.03. The van der Waals surface area contributed by atoms with Crippen LogP contribution in [0.5, 0.6) is 0 Å². The molecule has 0 aromatic heterocycles. The van der Waals surface area contributed by atoms with Crippen molar-refractivity contribution in [3.8, 4) is 0 Å². The van der Waals surface area contributed by atoms with E-state index >= 15 is 0 Å². The van der Waals surface area contributed by atoms with E-state index in [2.05, 4.69) is 22.6 Å². The number of aliphatic hydroxyl groups is 1. The molecule has 0 amide bonds. The summed E-state index contributed by atoms with van der Waals surface area (Å²) in [6.45, 7) is 2.44. The lowest BCUT2D eigenvalue weighted by atomic mass is 10.7. The third-order valence-corrected chi connectivity index (χ3v) is 1.24. The van der Waals surface area contributed by atoms with E-state index in [1.54, 1.807) is 0 Å². The van der Waals surface area contributed by atoms with Crippen LogP contribution in [0.2, 0.25) is 0 Å². The molecule has 0 aromatic carbocycles. The first kappa shape index (κ1) is 7.65. The lowest BCUT2D eigenvalue weighted by Crippen LogP contribution is -2.12. The van der Waals surface area contributed by atoms with Crippen LogP contribution in [-0.4, -0.2) is 22.4 Å². The minimum Gasteiger partial charge on any atom is -0.367 e. The van der Waals surface area contributed by atoms with Crippen LogP contribution in [0.25, 0.3) is 0 Å². The average Bonchev–Trinajstić information content (AvgIpc) is 1.68. The van der Waals surface area contributed by atoms with Gasteiger partial charge in [0.15, 0.2) is 6.29 Å². The van der Waals surface area contributed by atoms with Gasteiger partial charge in [0.1, 0.15) is 0 Å². The van der Waals surface area contributed by atoms with E-state index in [0.717, 1.165) is 0 Å². The first-order chi connectivity index (χ1) is 3.31. The van der Waals surface area contributed by atoms with Gasteiger partial charge in [-0.2, -0.15) is 0 Å². The van der Waals surface area contributed by atoms with Gasteiger partial charge < -0.3 is 9.84 Å². The fourth-order valence-corrected chi connectivity index (χ4v) is 0.491. The Morgan fingerprint density at radius 2 is 2.43 bits per heavy atom. The second kappa shape index (κ2) is 4.80. The Morgan fingerprint density at radius 1 is 1.86 bits per heavy atom. The molecule has 1 atom stereocenters. The Labute approximate surface area is 57.0 Å². The highest BCUT2D eigenvalue weighted by Crippen LogP contribution is 1.90. The van der Waals surface area contributed by atoms with Gasteiger partial charge in [-0.3, -0.25) is 0 Å². The summed E-state index contributed by atoms with van der Waals surface area (Å²) in [6.07, 6.45) is -0.564. The maximum Gasteiger partial charge on any atom is 0.163 e. The SMILES string of the molecule is CCOC(O)CI. The molecule has 2 nitrogen and oxygen atoms in total. The maximum atomic E-state index is 8.63. The van der Waals surface area contributed by atoms with Crippen LogP contribution in [0.15, 0.2) is 0 Å². The molecule has 44 valence electrons. The van der Waals surface area contributed by atoms with Crippen molar-refractivity contribution in [2.75, 3.05) is 11.0 Å². The van der Waals surface area contributed by atoms with Crippen LogP contribution in [0, 0.1) is 0 Å². The van der Waals surface area contributed by atoms with Crippen molar-refractivity contribution in [2.24, 2.45) is 0 Å². The van der Waals surface area contributed by atoms with E-state index in [0.29, 0.717) is 11.0 Å². The van der Waals surface area contributed by atoms with Crippen molar-refractivity contribution in [3.63, 3.8) is 0 Å². The monoisotopic (exact) mass is 216 g/mol. The fraction of sp³-hybridized carbons (Fsp3) is 1.00. The molecule has 3 heteroatoms. The average molecular weight is 216 g/mol. The van der Waals surface area contributed by atoms with Gasteiger partial charge in [-0.25, -0.2) is 0 Å². The molecule has 0 bridgehead atoms. The Balaban J connectivity index is 2.83. The van der Waals surface area contributed by atoms with Crippen molar-refractivity contribution >= 4 is 22.6 Å². The van der Waals surface area contributed by atoms with Gasteiger partial charge in [0.05, 0.1) is 4.43 Å². The lowest BCUT2D eigenvalue weighted by molar-refractivity contribution is -0.0744. The predicted molar refractivity (Wildman–Crippen MR) is 36.5 cm³/mol. The van der Waals surface area contributed by atoms with Crippen LogP contribution >= 0.6 is 22.6 Å². The summed E-state index contributed by atoms with van der Waals surface area (Å²) in [5.41, 5.74) is 0. The Kier molecular flexibility index (Phi) is 5.25. The van der Waals surface area contributed by atoms with Gasteiger partial charge in [-0.05, 0) is 6.92 Å². The molecular formula is C4H9IO2. The summed E-state index contributed by atoms with van der Waals surface area (Å²) in [4.78, 5) is 0. The minimum atomic E-state index is -0.564. The summed E-state index contributed by atoms with van der Waals surface area (Å²) in [7, 11) is 0. The molecule has 0 saturated carbocycles. The molecule has 0 rings (SSSR count). The van der Waals surface area contributed by atoms with Gasteiger partial charge >= 0.3 is 0 Å². The number of aliphatic hydroxyl groups excluding tert-OH is 1. The Morgan fingerprint density at radius 3 is 2.57 bits per heavy atom. The largest absolute Gasteiger partial charge is 0.367 e. The van der Waals surface area contributed by atoms with Crippen molar-refractivity contribution in [1.29, 1.82) is 0 Å². The van der Waals surface area contributed by atoms with Gasteiger partial charge in [0.25, 0.3) is 0 Å². The molecule has 0 radical (unpaired) electrons. The third-order valence-electron chi connectivity index (χ3n) is 0.491. The molecule has 0 aliphatic carbocycles. The van der Waals surface area contributed by atoms with E-state index in [-0.39, 0.29) is 0 Å². The first-order valence-electron chi connectivity index (χ1n) is 2.17. The zero-order valence-electron chi connectivity index (χ0n) is 4.22. The molecule has 0 heterocycles. The summed E-state index contributed by atoms with van der Waals surface area (Å²) in [6, 6.07) is 0. The highest BCUT2D eigenvalue weighted by Gasteiger charge is 1.95. The van der Waals surface area contributed by atoms with Crippen LogP contribution in [0.4, 0.5) is 0 Å². The second-order valence-corrected chi connectivity index (χ2v) is 1.95. The molecule has 0 spiro atoms. The number of hydrogen-bond acceptors (Lipinski definition) is 2.